The highest BCUT2D eigenvalue weighted by Gasteiger charge is 2.34. The predicted octanol–water partition coefficient (Wildman–Crippen LogP) is 4.93. The largest absolute Gasteiger partial charge is 0.380 e. The first kappa shape index (κ1) is 25.0. The maximum atomic E-state index is 14.3. The summed E-state index contributed by atoms with van der Waals surface area (Å²) >= 11 is 6.65. The number of pyridine rings is 1. The van der Waals surface area contributed by atoms with Crippen LogP contribution >= 0.6 is 11.6 Å². The van der Waals surface area contributed by atoms with E-state index in [0.29, 0.717) is 39.0 Å². The maximum absolute atomic E-state index is 14.3. The van der Waals surface area contributed by atoms with Crippen molar-refractivity contribution in [1.29, 1.82) is 5.26 Å². The Kier molecular flexibility index (Phi) is 6.28. The van der Waals surface area contributed by atoms with E-state index in [1.165, 1.54) is 32.2 Å². The maximum Gasteiger partial charge on any atom is 0.148 e. The van der Waals surface area contributed by atoms with Gasteiger partial charge in [0.15, 0.2) is 0 Å². The third kappa shape index (κ3) is 5.09. The van der Waals surface area contributed by atoms with E-state index in [1.807, 2.05) is 24.8 Å². The lowest BCUT2D eigenvalue weighted by atomic mass is 9.69. The Morgan fingerprint density at radius 1 is 1.24 bits per heavy atom. The summed E-state index contributed by atoms with van der Waals surface area (Å²) in [6.45, 7) is 2.91. The van der Waals surface area contributed by atoms with Gasteiger partial charge >= 0.3 is 0 Å². The molecule has 188 valence electrons. The number of halogens is 3. The number of anilines is 2. The van der Waals surface area contributed by atoms with Crippen LogP contribution in [0.1, 0.15) is 49.6 Å². The van der Waals surface area contributed by atoms with E-state index in [0.717, 1.165) is 18.4 Å². The van der Waals surface area contributed by atoms with E-state index >= 15 is 0 Å². The minimum absolute atomic E-state index is 0.00631. The molecule has 11 heteroatoms. The van der Waals surface area contributed by atoms with Gasteiger partial charge in [-0.3, -0.25) is 4.98 Å². The van der Waals surface area contributed by atoms with E-state index in [2.05, 4.69) is 32.0 Å². The summed E-state index contributed by atoms with van der Waals surface area (Å²) < 4.78 is 30.0. The molecule has 37 heavy (non-hydrogen) atoms. The molecule has 0 radical (unpaired) electrons. The average molecular weight is 520 g/mol. The number of alkyl halides is 1. The highest BCUT2D eigenvalue weighted by molar-refractivity contribution is 6.36. The number of hydrogen-bond acceptors (Lipinski definition) is 6. The minimum Gasteiger partial charge on any atom is -0.380 e. The monoisotopic (exact) mass is 519 g/mol. The predicted molar refractivity (Wildman–Crippen MR) is 143 cm³/mol. The average Bonchev–Trinajstić information content (AvgIpc) is 3.58. The lowest BCUT2D eigenvalue weighted by Gasteiger charge is -2.31. The molecule has 1 unspecified atom stereocenters. The normalized spacial score (nSPS) is 15.2. The van der Waals surface area contributed by atoms with Gasteiger partial charge in [0, 0.05) is 23.8 Å². The van der Waals surface area contributed by atoms with Crippen LogP contribution in [0.4, 0.5) is 20.2 Å². The molecule has 0 spiro atoms. The molecule has 1 aliphatic carbocycles. The molecule has 0 saturated heterocycles. The van der Waals surface area contributed by atoms with Crippen molar-refractivity contribution < 1.29 is 8.78 Å². The smallest absolute Gasteiger partial charge is 0.148 e. The molecule has 1 aliphatic rings. The van der Waals surface area contributed by atoms with Crippen LogP contribution in [-0.4, -0.2) is 40.0 Å². The Balaban J connectivity index is 1.62. The second-order valence-electron chi connectivity index (χ2n) is 10.2. The van der Waals surface area contributed by atoms with Gasteiger partial charge in [0.2, 0.25) is 0 Å². The third-order valence-corrected chi connectivity index (χ3v) is 6.78. The summed E-state index contributed by atoms with van der Waals surface area (Å²) in [5, 5.41) is 26.0. The standard InChI is InChI=1S/C26H25BClF2N7/c1-25(2,30)14-33-23-15(11-31)12-32-24-20(23)9-18(10-21(24)28)34-26(27,16-3-5-17(29)6-4-16)22-13-37(36-35-22)19-7-8-19/h3-6,9-10,12-13,19,34H,7-8,14,27H2,1-2H3,(H,32,33). The van der Waals surface area contributed by atoms with E-state index in [9.17, 15) is 14.0 Å². The van der Waals surface area contributed by atoms with Crippen LogP contribution in [0, 0.1) is 17.1 Å². The van der Waals surface area contributed by atoms with Gasteiger partial charge in [-0.05, 0) is 56.5 Å². The number of nitriles is 1. The van der Waals surface area contributed by atoms with Crippen molar-refractivity contribution in [3.63, 3.8) is 0 Å². The zero-order valence-corrected chi connectivity index (χ0v) is 21.4. The number of nitrogens with zero attached hydrogens (tertiary/aromatic N) is 5. The molecule has 7 nitrogen and oxygen atoms in total. The second kappa shape index (κ2) is 9.31. The molecule has 1 fully saturated rings. The van der Waals surface area contributed by atoms with E-state index < -0.39 is 11.1 Å². The second-order valence-corrected chi connectivity index (χ2v) is 10.6. The number of nitrogens with one attached hydrogen (secondary N) is 2. The summed E-state index contributed by atoms with van der Waals surface area (Å²) in [5.74, 6) is -0.344. The van der Waals surface area contributed by atoms with E-state index in [1.54, 1.807) is 18.2 Å². The van der Waals surface area contributed by atoms with Gasteiger partial charge in [0.25, 0.3) is 0 Å². The molecule has 0 bridgehead atoms. The van der Waals surface area contributed by atoms with Crippen LogP contribution in [0.5, 0.6) is 0 Å². The quantitative estimate of drug-likeness (QED) is 0.321. The molecule has 2 aromatic heterocycles. The molecule has 0 amide bonds. The van der Waals surface area contributed by atoms with Crippen molar-refractivity contribution in [2.45, 2.75) is 43.8 Å². The lowest BCUT2D eigenvalue weighted by Crippen LogP contribution is -2.37. The van der Waals surface area contributed by atoms with Crippen molar-refractivity contribution in [1.82, 2.24) is 20.0 Å². The first-order valence-electron chi connectivity index (χ1n) is 12.0. The van der Waals surface area contributed by atoms with Gasteiger partial charge in [-0.25, -0.2) is 13.5 Å². The summed E-state index contributed by atoms with van der Waals surface area (Å²) in [6.07, 6.45) is 5.45. The van der Waals surface area contributed by atoms with Crippen LogP contribution in [0.25, 0.3) is 10.9 Å². The Bertz CT molecular complexity index is 1510. The number of benzene rings is 2. The fourth-order valence-corrected chi connectivity index (χ4v) is 4.55. The topological polar surface area (TPSA) is 91.5 Å². The van der Waals surface area contributed by atoms with Crippen molar-refractivity contribution in [3.05, 3.63) is 76.5 Å². The summed E-state index contributed by atoms with van der Waals surface area (Å²) in [4.78, 5) is 4.37. The molecule has 2 aromatic carbocycles. The summed E-state index contributed by atoms with van der Waals surface area (Å²) in [5.41, 5.74) is 0.852. The van der Waals surface area contributed by atoms with Crippen LogP contribution in [0.15, 0.2) is 48.8 Å². The molecule has 2 heterocycles. The third-order valence-electron chi connectivity index (χ3n) is 6.49. The first-order valence-corrected chi connectivity index (χ1v) is 12.4. The molecule has 1 saturated carbocycles. The van der Waals surface area contributed by atoms with Gasteiger partial charge in [0.1, 0.15) is 31.1 Å². The van der Waals surface area contributed by atoms with E-state index in [-0.39, 0.29) is 17.9 Å². The summed E-state index contributed by atoms with van der Waals surface area (Å²) in [7, 11) is 1.94. The van der Waals surface area contributed by atoms with Gasteiger partial charge in [-0.2, -0.15) is 5.26 Å². The molecule has 2 N–H and O–H groups in total. The van der Waals surface area contributed by atoms with Crippen LogP contribution in [0.3, 0.4) is 0 Å². The highest BCUT2D eigenvalue weighted by Crippen LogP contribution is 2.38. The van der Waals surface area contributed by atoms with Crippen molar-refractivity contribution in [3.8, 4) is 6.07 Å². The number of fused-ring (bicyclic) bond motifs is 1. The Morgan fingerprint density at radius 3 is 2.62 bits per heavy atom. The van der Waals surface area contributed by atoms with Gasteiger partial charge in [0.05, 0.1) is 39.5 Å². The molecule has 0 aliphatic heterocycles. The van der Waals surface area contributed by atoms with Gasteiger partial charge in [-0.1, -0.05) is 28.9 Å². The SMILES string of the molecule is BC(Nc1cc(Cl)c2ncc(C#N)c(NCC(C)(C)F)c2c1)(c1ccc(F)cc1)c1cn(C2CC2)nn1. The Hall–Kier alpha value is -3.71. The Labute approximate surface area is 219 Å². The number of hydrogen-bond donors (Lipinski definition) is 2. The summed E-state index contributed by atoms with van der Waals surface area (Å²) in [6, 6.07) is 12.2. The fraction of sp³-hybridized carbons (Fsp3) is 0.308. The van der Waals surface area contributed by atoms with Crippen LogP contribution < -0.4 is 10.6 Å². The molecule has 4 aromatic rings. The lowest BCUT2D eigenvalue weighted by molar-refractivity contribution is 0.235. The molecule has 1 atom stereocenters. The zero-order valence-electron chi connectivity index (χ0n) is 20.7. The van der Waals surface area contributed by atoms with Crippen molar-refractivity contribution in [2.24, 2.45) is 0 Å². The zero-order chi connectivity index (χ0) is 26.4. The van der Waals surface area contributed by atoms with Gasteiger partial charge in [-0.15, -0.1) is 5.10 Å². The molecular formula is C26H25BClF2N7. The highest BCUT2D eigenvalue weighted by atomic mass is 35.5. The van der Waals surface area contributed by atoms with Crippen LogP contribution in [-0.2, 0) is 5.44 Å². The molecular weight excluding hydrogens is 495 g/mol. The van der Waals surface area contributed by atoms with E-state index in [4.69, 9.17) is 11.6 Å². The fourth-order valence-electron chi connectivity index (χ4n) is 4.28. The van der Waals surface area contributed by atoms with Gasteiger partial charge < -0.3 is 10.6 Å². The van der Waals surface area contributed by atoms with Crippen molar-refractivity contribution in [2.75, 3.05) is 17.2 Å². The number of rotatable bonds is 8. The first-order chi connectivity index (χ1) is 17.6. The number of aromatic nitrogens is 4. The minimum atomic E-state index is -1.50. The molecule has 5 rings (SSSR count). The Morgan fingerprint density at radius 2 is 1.97 bits per heavy atom. The van der Waals surface area contributed by atoms with Crippen molar-refractivity contribution >= 4 is 41.7 Å². The van der Waals surface area contributed by atoms with Crippen LogP contribution in [0.2, 0.25) is 5.02 Å².